The highest BCUT2D eigenvalue weighted by Gasteiger charge is 2.42. The van der Waals surface area contributed by atoms with E-state index in [0.717, 1.165) is 0 Å². The molecule has 0 saturated carbocycles. The zero-order chi connectivity index (χ0) is 15.5. The molecular weight excluding hydrogens is 283 g/mol. The van der Waals surface area contributed by atoms with E-state index < -0.39 is 24.0 Å². The van der Waals surface area contributed by atoms with E-state index in [2.05, 4.69) is 0 Å². The van der Waals surface area contributed by atoms with E-state index in [4.69, 9.17) is 0 Å². The van der Waals surface area contributed by atoms with Gasteiger partial charge in [0.2, 0.25) is 0 Å². The van der Waals surface area contributed by atoms with E-state index in [9.17, 15) is 23.1 Å². The van der Waals surface area contributed by atoms with Gasteiger partial charge >= 0.3 is 12.1 Å². The van der Waals surface area contributed by atoms with E-state index in [1.165, 1.54) is 0 Å². The van der Waals surface area contributed by atoms with Crippen molar-refractivity contribution in [3.8, 4) is 0 Å². The molecule has 2 unspecified atom stereocenters. The predicted octanol–water partition coefficient (Wildman–Crippen LogP) is 3.13. The van der Waals surface area contributed by atoms with Gasteiger partial charge in [-0.25, -0.2) is 0 Å². The molecule has 1 fully saturated rings. The fraction of sp³-hybridized carbons (Fsp3) is 0.533. The second-order valence-corrected chi connectivity index (χ2v) is 5.44. The van der Waals surface area contributed by atoms with Crippen LogP contribution in [0.1, 0.15) is 24.3 Å². The first-order valence-electron chi connectivity index (χ1n) is 6.94. The van der Waals surface area contributed by atoms with E-state index in [1.54, 1.807) is 35.2 Å². The van der Waals surface area contributed by atoms with Crippen LogP contribution in [0.25, 0.3) is 0 Å². The van der Waals surface area contributed by atoms with E-state index in [0.29, 0.717) is 18.5 Å². The molecule has 6 heteroatoms. The Balaban J connectivity index is 2.06. The number of nitrogens with zero attached hydrogens (tertiary/aromatic N) is 1. The highest BCUT2D eigenvalue weighted by atomic mass is 19.4. The van der Waals surface area contributed by atoms with Gasteiger partial charge in [0.15, 0.2) is 0 Å². The maximum atomic E-state index is 12.8. The number of aliphatic carboxylic acids is 1. The van der Waals surface area contributed by atoms with E-state index in [-0.39, 0.29) is 19.5 Å². The molecule has 0 radical (unpaired) electrons. The Morgan fingerprint density at radius 3 is 2.57 bits per heavy atom. The predicted molar refractivity (Wildman–Crippen MR) is 72.0 cm³/mol. The minimum Gasteiger partial charge on any atom is -0.481 e. The number of hydrogen-bond donors (Lipinski definition) is 1. The zero-order valence-electron chi connectivity index (χ0n) is 11.5. The number of benzene rings is 1. The SMILES string of the molecule is O=C(O)C(CN1CCCC(C(F)(F)F)C1)c1ccccc1. The topological polar surface area (TPSA) is 40.5 Å². The van der Waals surface area contributed by atoms with Crippen molar-refractivity contribution in [2.75, 3.05) is 19.6 Å². The molecule has 2 atom stereocenters. The van der Waals surface area contributed by atoms with Crippen LogP contribution in [0.5, 0.6) is 0 Å². The van der Waals surface area contributed by atoms with Crippen LogP contribution in [-0.4, -0.2) is 41.8 Å². The molecule has 1 saturated heterocycles. The first-order valence-corrected chi connectivity index (χ1v) is 6.94. The normalized spacial score (nSPS) is 22.0. The minimum absolute atomic E-state index is 0.111. The van der Waals surface area contributed by atoms with Crippen molar-refractivity contribution < 1.29 is 23.1 Å². The lowest BCUT2D eigenvalue weighted by Crippen LogP contribution is -2.44. The van der Waals surface area contributed by atoms with Crippen molar-refractivity contribution in [2.45, 2.75) is 24.9 Å². The monoisotopic (exact) mass is 301 g/mol. The van der Waals surface area contributed by atoms with Crippen LogP contribution < -0.4 is 0 Å². The van der Waals surface area contributed by atoms with Crippen LogP contribution in [0.3, 0.4) is 0 Å². The summed E-state index contributed by atoms with van der Waals surface area (Å²) in [4.78, 5) is 13.0. The van der Waals surface area contributed by atoms with Crippen LogP contribution in [0.15, 0.2) is 30.3 Å². The molecule has 116 valence electrons. The fourth-order valence-corrected chi connectivity index (χ4v) is 2.76. The van der Waals surface area contributed by atoms with E-state index in [1.807, 2.05) is 0 Å². The van der Waals surface area contributed by atoms with Crippen molar-refractivity contribution >= 4 is 5.97 Å². The zero-order valence-corrected chi connectivity index (χ0v) is 11.5. The fourth-order valence-electron chi connectivity index (χ4n) is 2.76. The summed E-state index contributed by atoms with van der Waals surface area (Å²) in [5.41, 5.74) is 0.624. The average molecular weight is 301 g/mol. The Kier molecular flexibility index (Phi) is 4.88. The molecule has 0 bridgehead atoms. The van der Waals surface area contributed by atoms with Crippen LogP contribution in [-0.2, 0) is 4.79 Å². The largest absolute Gasteiger partial charge is 0.481 e. The Bertz CT molecular complexity index is 476. The van der Waals surface area contributed by atoms with Gasteiger partial charge in [-0.15, -0.1) is 0 Å². The number of carboxylic acids is 1. The number of rotatable bonds is 4. The third-order valence-electron chi connectivity index (χ3n) is 3.91. The van der Waals surface area contributed by atoms with Gasteiger partial charge in [0.1, 0.15) is 0 Å². The molecular formula is C15H18F3NO2. The summed E-state index contributed by atoms with van der Waals surface area (Å²) < 4.78 is 38.4. The molecule has 1 aromatic carbocycles. The van der Waals surface area contributed by atoms with Crippen molar-refractivity contribution in [3.05, 3.63) is 35.9 Å². The number of alkyl halides is 3. The highest BCUT2D eigenvalue weighted by molar-refractivity contribution is 5.76. The quantitative estimate of drug-likeness (QED) is 0.929. The van der Waals surface area contributed by atoms with Gasteiger partial charge in [-0.05, 0) is 24.9 Å². The van der Waals surface area contributed by atoms with Crippen molar-refractivity contribution in [1.82, 2.24) is 4.90 Å². The lowest BCUT2D eigenvalue weighted by atomic mass is 9.94. The molecule has 1 heterocycles. The van der Waals surface area contributed by atoms with Gasteiger partial charge in [-0.3, -0.25) is 4.79 Å². The molecule has 2 rings (SSSR count). The molecule has 21 heavy (non-hydrogen) atoms. The summed E-state index contributed by atoms with van der Waals surface area (Å²) >= 11 is 0. The standard InChI is InChI=1S/C15H18F3NO2/c16-15(17,18)12-7-4-8-19(9-12)10-13(14(20)21)11-5-2-1-3-6-11/h1-3,5-6,12-13H,4,7-10H2,(H,20,21). The Morgan fingerprint density at radius 2 is 2.00 bits per heavy atom. The Labute approximate surface area is 121 Å². The van der Waals surface area contributed by atoms with Gasteiger partial charge in [0.05, 0.1) is 11.8 Å². The van der Waals surface area contributed by atoms with Crippen molar-refractivity contribution in [2.24, 2.45) is 5.92 Å². The summed E-state index contributed by atoms with van der Waals surface area (Å²) in [5, 5.41) is 9.33. The first-order chi connectivity index (χ1) is 9.88. The number of hydrogen-bond acceptors (Lipinski definition) is 2. The number of likely N-dealkylation sites (tertiary alicyclic amines) is 1. The molecule has 0 aliphatic carbocycles. The van der Waals surface area contributed by atoms with Gasteiger partial charge in [-0.2, -0.15) is 13.2 Å². The van der Waals surface area contributed by atoms with Gasteiger partial charge in [-0.1, -0.05) is 30.3 Å². The number of piperidine rings is 1. The molecule has 0 spiro atoms. The van der Waals surface area contributed by atoms with E-state index >= 15 is 0 Å². The molecule has 1 aromatic rings. The van der Waals surface area contributed by atoms with Crippen molar-refractivity contribution in [3.63, 3.8) is 0 Å². The lowest BCUT2D eigenvalue weighted by molar-refractivity contribution is -0.186. The minimum atomic E-state index is -4.20. The number of halogens is 3. The van der Waals surface area contributed by atoms with Gasteiger partial charge in [0, 0.05) is 13.1 Å². The molecule has 3 nitrogen and oxygen atoms in total. The average Bonchev–Trinajstić information content (AvgIpc) is 2.45. The van der Waals surface area contributed by atoms with Gasteiger partial charge in [0.25, 0.3) is 0 Å². The van der Waals surface area contributed by atoms with Crippen LogP contribution in [0.2, 0.25) is 0 Å². The highest BCUT2D eigenvalue weighted by Crippen LogP contribution is 2.33. The van der Waals surface area contributed by atoms with Gasteiger partial charge < -0.3 is 10.0 Å². The smallest absolute Gasteiger partial charge is 0.393 e. The Hall–Kier alpha value is -1.56. The summed E-state index contributed by atoms with van der Waals surface area (Å²) in [6, 6.07) is 8.65. The number of carboxylic acid groups (broad SMARTS) is 1. The maximum absolute atomic E-state index is 12.8. The summed E-state index contributed by atoms with van der Waals surface area (Å²) in [5.74, 6) is -3.15. The van der Waals surface area contributed by atoms with Crippen LogP contribution in [0, 0.1) is 5.92 Å². The molecule has 0 aromatic heterocycles. The van der Waals surface area contributed by atoms with Crippen LogP contribution in [0.4, 0.5) is 13.2 Å². The summed E-state index contributed by atoms with van der Waals surface area (Å²) in [6.07, 6.45) is -3.63. The third kappa shape index (κ3) is 4.20. The molecule has 1 N–H and O–H groups in total. The molecule has 0 amide bonds. The summed E-state index contributed by atoms with van der Waals surface area (Å²) in [6.45, 7) is 0.523. The van der Waals surface area contributed by atoms with Crippen LogP contribution >= 0.6 is 0 Å². The maximum Gasteiger partial charge on any atom is 0.393 e. The third-order valence-corrected chi connectivity index (χ3v) is 3.91. The number of carbonyl (C=O) groups is 1. The first kappa shape index (κ1) is 15.8. The van der Waals surface area contributed by atoms with Crippen molar-refractivity contribution in [1.29, 1.82) is 0 Å². The second-order valence-electron chi connectivity index (χ2n) is 5.44. The Morgan fingerprint density at radius 1 is 1.33 bits per heavy atom. The summed E-state index contributed by atoms with van der Waals surface area (Å²) in [7, 11) is 0. The molecule has 1 aliphatic heterocycles. The molecule has 1 aliphatic rings. The second kappa shape index (κ2) is 6.47. The lowest BCUT2D eigenvalue weighted by Gasteiger charge is -2.35.